The van der Waals surface area contributed by atoms with Crippen molar-refractivity contribution in [1.29, 1.82) is 0 Å². The van der Waals surface area contributed by atoms with Crippen molar-refractivity contribution in [2.24, 2.45) is 5.16 Å². The Bertz CT molecular complexity index is 938. The SMILES string of the molecule is Cc1ccc(CCCCCCCCCCCCC(CCCCCCCCCCCCc2ccc(C)cc2O)=NO)c(O)c1. The van der Waals surface area contributed by atoms with E-state index in [1.165, 1.54) is 103 Å². The number of aryl methyl sites for hydroxylation is 4. The molecule has 0 aliphatic carbocycles. The van der Waals surface area contributed by atoms with Gasteiger partial charge in [-0.05, 0) is 99.6 Å². The Kier molecular flexibility index (Phi) is 20.4. The molecule has 242 valence electrons. The van der Waals surface area contributed by atoms with Crippen LogP contribution in [0.15, 0.2) is 41.6 Å². The number of benzene rings is 2. The van der Waals surface area contributed by atoms with Crippen molar-refractivity contribution in [3.05, 3.63) is 58.7 Å². The van der Waals surface area contributed by atoms with Gasteiger partial charge < -0.3 is 15.4 Å². The van der Waals surface area contributed by atoms with Crippen LogP contribution < -0.4 is 0 Å². The third-order valence-electron chi connectivity index (χ3n) is 8.95. The molecular weight excluding hydrogens is 530 g/mol. The van der Waals surface area contributed by atoms with Gasteiger partial charge in [-0.15, -0.1) is 0 Å². The Morgan fingerprint density at radius 2 is 0.767 bits per heavy atom. The third kappa shape index (κ3) is 18.0. The maximum Gasteiger partial charge on any atom is 0.119 e. The molecule has 4 nitrogen and oxygen atoms in total. The predicted octanol–water partition coefficient (Wildman–Crippen LogP) is 11.9. The minimum atomic E-state index is 0.454. The zero-order valence-electron chi connectivity index (χ0n) is 27.7. The van der Waals surface area contributed by atoms with Gasteiger partial charge in [-0.3, -0.25) is 0 Å². The lowest BCUT2D eigenvalue weighted by Gasteiger charge is -2.07. The van der Waals surface area contributed by atoms with Gasteiger partial charge in [-0.1, -0.05) is 132 Å². The lowest BCUT2D eigenvalue weighted by molar-refractivity contribution is 0.315. The minimum Gasteiger partial charge on any atom is -0.508 e. The summed E-state index contributed by atoms with van der Waals surface area (Å²) in [6.45, 7) is 4.03. The Hall–Kier alpha value is -2.49. The molecule has 4 heteroatoms. The van der Waals surface area contributed by atoms with Crippen molar-refractivity contribution >= 4 is 5.71 Å². The monoisotopic (exact) mass is 593 g/mol. The van der Waals surface area contributed by atoms with Crippen LogP contribution in [0, 0.1) is 13.8 Å². The predicted molar refractivity (Wildman–Crippen MR) is 184 cm³/mol. The van der Waals surface area contributed by atoms with Gasteiger partial charge in [-0.2, -0.15) is 0 Å². The Morgan fingerprint density at radius 3 is 1.07 bits per heavy atom. The number of oxime groups is 1. The number of aromatic hydroxyl groups is 2. The van der Waals surface area contributed by atoms with Gasteiger partial charge in [0, 0.05) is 0 Å². The summed E-state index contributed by atoms with van der Waals surface area (Å²) >= 11 is 0. The highest BCUT2D eigenvalue weighted by molar-refractivity contribution is 5.83. The maximum atomic E-state index is 10.0. The zero-order chi connectivity index (χ0) is 31.0. The summed E-state index contributed by atoms with van der Waals surface area (Å²) in [6.07, 6.45) is 29.3. The molecule has 0 fully saturated rings. The van der Waals surface area contributed by atoms with Crippen molar-refractivity contribution in [1.82, 2.24) is 0 Å². The van der Waals surface area contributed by atoms with Crippen LogP contribution in [-0.4, -0.2) is 21.1 Å². The largest absolute Gasteiger partial charge is 0.508 e. The van der Waals surface area contributed by atoms with Gasteiger partial charge >= 0.3 is 0 Å². The number of phenolic OH excluding ortho intramolecular Hbond substituents is 2. The lowest BCUT2D eigenvalue weighted by atomic mass is 10.0. The van der Waals surface area contributed by atoms with E-state index in [0.29, 0.717) is 11.5 Å². The van der Waals surface area contributed by atoms with Gasteiger partial charge in [0.1, 0.15) is 11.5 Å². The first-order valence-electron chi connectivity index (χ1n) is 17.8. The van der Waals surface area contributed by atoms with Crippen LogP contribution in [0.2, 0.25) is 0 Å². The normalized spacial score (nSPS) is 11.2. The molecule has 43 heavy (non-hydrogen) atoms. The van der Waals surface area contributed by atoms with E-state index in [1.807, 2.05) is 26.0 Å². The maximum absolute atomic E-state index is 10.0. The van der Waals surface area contributed by atoms with Gasteiger partial charge in [0.05, 0.1) is 5.71 Å². The molecule has 0 aliphatic rings. The Balaban J connectivity index is 1.30. The zero-order valence-corrected chi connectivity index (χ0v) is 27.7. The fraction of sp³-hybridized carbons (Fsp3) is 0.667. The van der Waals surface area contributed by atoms with Crippen LogP contribution in [-0.2, 0) is 12.8 Å². The third-order valence-corrected chi connectivity index (χ3v) is 8.95. The van der Waals surface area contributed by atoms with Crippen molar-refractivity contribution in [3.8, 4) is 11.5 Å². The second-order valence-electron chi connectivity index (χ2n) is 13.0. The molecule has 0 heterocycles. The van der Waals surface area contributed by atoms with E-state index in [2.05, 4.69) is 29.4 Å². The molecule has 0 spiro atoms. The highest BCUT2D eigenvalue weighted by atomic mass is 16.4. The Morgan fingerprint density at radius 1 is 0.465 bits per heavy atom. The van der Waals surface area contributed by atoms with Gasteiger partial charge in [-0.25, -0.2) is 0 Å². The van der Waals surface area contributed by atoms with Crippen LogP contribution in [0.1, 0.15) is 164 Å². The summed E-state index contributed by atoms with van der Waals surface area (Å²) in [5, 5.41) is 33.0. The molecule has 0 atom stereocenters. The van der Waals surface area contributed by atoms with E-state index in [9.17, 15) is 15.4 Å². The van der Waals surface area contributed by atoms with Gasteiger partial charge in [0.2, 0.25) is 0 Å². The standard InChI is InChI=1S/C39H63NO3/c1-33-27-29-35(38(41)31-33)23-19-15-11-7-3-5-9-13-17-21-25-37(40-43)26-22-18-14-10-6-4-8-12-16-20-24-36-30-28-34(2)32-39(36)42/h27-32,41-43H,3-26H2,1-2H3. The van der Waals surface area contributed by atoms with Crippen molar-refractivity contribution < 1.29 is 15.4 Å². The summed E-state index contributed by atoms with van der Waals surface area (Å²) in [7, 11) is 0. The van der Waals surface area contributed by atoms with Crippen LogP contribution >= 0.6 is 0 Å². The van der Waals surface area contributed by atoms with E-state index >= 15 is 0 Å². The number of hydrogen-bond donors (Lipinski definition) is 3. The molecule has 0 aliphatic heterocycles. The number of phenols is 2. The van der Waals surface area contributed by atoms with E-state index in [0.717, 1.165) is 79.3 Å². The molecule has 0 bridgehead atoms. The first kappa shape index (κ1) is 36.7. The second-order valence-corrected chi connectivity index (χ2v) is 13.0. The van der Waals surface area contributed by atoms with Crippen molar-refractivity contribution in [2.75, 3.05) is 0 Å². The lowest BCUT2D eigenvalue weighted by Crippen LogP contribution is -1.99. The summed E-state index contributed by atoms with van der Waals surface area (Å²) in [5.41, 5.74) is 5.40. The molecule has 0 saturated heterocycles. The first-order chi connectivity index (χ1) is 21.0. The van der Waals surface area contributed by atoms with Crippen LogP contribution in [0.4, 0.5) is 0 Å². The van der Waals surface area contributed by atoms with Gasteiger partial charge in [0.25, 0.3) is 0 Å². The van der Waals surface area contributed by atoms with Crippen LogP contribution in [0.25, 0.3) is 0 Å². The van der Waals surface area contributed by atoms with Gasteiger partial charge in [0.15, 0.2) is 0 Å². The fourth-order valence-electron chi connectivity index (χ4n) is 6.11. The van der Waals surface area contributed by atoms with Crippen LogP contribution in [0.3, 0.4) is 0 Å². The second kappa shape index (κ2) is 23.9. The smallest absolute Gasteiger partial charge is 0.119 e. The minimum absolute atomic E-state index is 0.454. The molecule has 2 aromatic carbocycles. The number of nitrogens with zero attached hydrogens (tertiary/aromatic N) is 1. The average Bonchev–Trinajstić information content (AvgIpc) is 2.99. The molecule has 0 aromatic heterocycles. The molecule has 2 rings (SSSR count). The van der Waals surface area contributed by atoms with E-state index < -0.39 is 0 Å². The van der Waals surface area contributed by atoms with E-state index in [-0.39, 0.29) is 0 Å². The quantitative estimate of drug-likeness (QED) is 0.0439. The topological polar surface area (TPSA) is 73.1 Å². The number of unbranched alkanes of at least 4 members (excludes halogenated alkanes) is 18. The molecular formula is C39H63NO3. The fourth-order valence-corrected chi connectivity index (χ4v) is 6.11. The summed E-state index contributed by atoms with van der Waals surface area (Å²) < 4.78 is 0. The highest BCUT2D eigenvalue weighted by Crippen LogP contribution is 2.22. The van der Waals surface area contributed by atoms with E-state index in [1.54, 1.807) is 0 Å². The summed E-state index contributed by atoms with van der Waals surface area (Å²) in [5.74, 6) is 0.908. The number of hydrogen-bond acceptors (Lipinski definition) is 4. The average molecular weight is 594 g/mol. The van der Waals surface area contributed by atoms with Crippen molar-refractivity contribution in [2.45, 2.75) is 168 Å². The van der Waals surface area contributed by atoms with Crippen molar-refractivity contribution in [3.63, 3.8) is 0 Å². The first-order valence-corrected chi connectivity index (χ1v) is 17.8. The molecule has 2 aromatic rings. The summed E-state index contributed by atoms with van der Waals surface area (Å²) in [4.78, 5) is 0. The highest BCUT2D eigenvalue weighted by Gasteiger charge is 2.04. The Labute approximate surface area is 264 Å². The molecule has 0 amide bonds. The molecule has 0 unspecified atom stereocenters. The molecule has 3 N–H and O–H groups in total. The number of rotatable bonds is 26. The molecule has 0 radical (unpaired) electrons. The summed E-state index contributed by atoms with van der Waals surface area (Å²) in [6, 6.07) is 12.0. The van der Waals surface area contributed by atoms with E-state index in [4.69, 9.17) is 0 Å². The van der Waals surface area contributed by atoms with Crippen LogP contribution in [0.5, 0.6) is 11.5 Å². The molecule has 0 saturated carbocycles.